The average Bonchev–Trinajstić information content (AvgIpc) is 3.22. The summed E-state index contributed by atoms with van der Waals surface area (Å²) in [6.07, 6.45) is 6.40. The minimum absolute atomic E-state index is 0.0729. The lowest BCUT2D eigenvalue weighted by molar-refractivity contribution is -0.159. The molecule has 0 aromatic heterocycles. The van der Waals surface area contributed by atoms with Crippen LogP contribution in [0.3, 0.4) is 0 Å². The van der Waals surface area contributed by atoms with Gasteiger partial charge in [-0.3, -0.25) is 9.59 Å². The zero-order chi connectivity index (χ0) is 19.0. The molecule has 27 heavy (non-hydrogen) atoms. The van der Waals surface area contributed by atoms with Crippen molar-refractivity contribution < 1.29 is 18.8 Å². The van der Waals surface area contributed by atoms with Crippen LogP contribution in [0.1, 0.15) is 51.4 Å². The van der Waals surface area contributed by atoms with Gasteiger partial charge in [-0.25, -0.2) is 4.39 Å². The first-order valence-electron chi connectivity index (χ1n) is 10.2. The van der Waals surface area contributed by atoms with E-state index in [0.717, 1.165) is 25.7 Å². The molecule has 6 atom stereocenters. The number of likely N-dealkylation sites (tertiary alicyclic amines) is 1. The van der Waals surface area contributed by atoms with Crippen LogP contribution in [0.25, 0.3) is 0 Å². The van der Waals surface area contributed by atoms with E-state index in [9.17, 15) is 14.4 Å². The Morgan fingerprint density at radius 2 is 1.89 bits per heavy atom. The number of primary amides is 1. The Kier molecular flexibility index (Phi) is 3.78. The van der Waals surface area contributed by atoms with Gasteiger partial charge < -0.3 is 20.7 Å². The van der Waals surface area contributed by atoms with Crippen LogP contribution in [0.5, 0.6) is 0 Å². The summed E-state index contributed by atoms with van der Waals surface area (Å²) in [4.78, 5) is 38.2. The van der Waals surface area contributed by atoms with Gasteiger partial charge in [0.2, 0.25) is 11.8 Å². The van der Waals surface area contributed by atoms with Gasteiger partial charge in [-0.15, -0.1) is 0 Å². The van der Waals surface area contributed by atoms with Gasteiger partial charge in [0.05, 0.1) is 12.2 Å². The number of alkyl halides is 1. The standard InChI is InChI=1S/C19H26BFN3O3/c21-19-6-10-1-11(7-19)5-18(4-10,8-19)15(23-20-9-25)17(27)24-13-2-12(13)3-14(24)16(22)26/h9-15,23H,1-8H2,(H2,22,26)/t10?,11?,12-,13?,14-,15+,18?,19?/m0/s1. The Morgan fingerprint density at radius 1 is 1.19 bits per heavy atom. The molecule has 6 nitrogen and oxygen atoms in total. The molecule has 0 spiro atoms. The van der Waals surface area contributed by atoms with Crippen molar-refractivity contribution in [3.05, 3.63) is 0 Å². The summed E-state index contributed by atoms with van der Waals surface area (Å²) >= 11 is 0. The highest BCUT2D eigenvalue weighted by atomic mass is 19.1. The predicted molar refractivity (Wildman–Crippen MR) is 96.7 cm³/mol. The van der Waals surface area contributed by atoms with Crippen LogP contribution in [0, 0.1) is 23.2 Å². The second-order valence-electron chi connectivity index (χ2n) is 9.84. The second kappa shape index (κ2) is 5.78. The topological polar surface area (TPSA) is 92.5 Å². The van der Waals surface area contributed by atoms with Crippen LogP contribution in [-0.2, 0) is 14.4 Å². The zero-order valence-corrected chi connectivity index (χ0v) is 15.4. The first-order chi connectivity index (χ1) is 12.8. The van der Waals surface area contributed by atoms with Crippen molar-refractivity contribution in [1.29, 1.82) is 0 Å². The van der Waals surface area contributed by atoms with Crippen LogP contribution in [-0.4, -0.2) is 54.1 Å². The fourth-order valence-electron chi connectivity index (χ4n) is 7.38. The van der Waals surface area contributed by atoms with Gasteiger partial charge in [-0.1, -0.05) is 0 Å². The van der Waals surface area contributed by atoms with Gasteiger partial charge in [-0.05, 0) is 74.5 Å². The molecule has 0 aromatic carbocycles. The summed E-state index contributed by atoms with van der Waals surface area (Å²) in [5.41, 5.74) is 3.88. The number of nitrogens with zero attached hydrogens (tertiary/aromatic N) is 1. The summed E-state index contributed by atoms with van der Waals surface area (Å²) in [6, 6.07) is -1.16. The largest absolute Gasteiger partial charge is 0.368 e. The number of halogens is 1. The fourth-order valence-corrected chi connectivity index (χ4v) is 7.38. The minimum Gasteiger partial charge on any atom is -0.368 e. The molecule has 5 aliphatic carbocycles. The van der Waals surface area contributed by atoms with Gasteiger partial charge in [0.1, 0.15) is 11.7 Å². The number of hydrogen-bond donors (Lipinski definition) is 2. The normalized spacial score (nSPS) is 47.4. The number of nitrogens with two attached hydrogens (primary N) is 1. The number of fused-ring (bicyclic) bond motifs is 1. The van der Waals surface area contributed by atoms with Crippen LogP contribution in [0.2, 0.25) is 0 Å². The molecule has 0 aromatic rings. The minimum atomic E-state index is -1.19. The molecule has 3 unspecified atom stereocenters. The van der Waals surface area contributed by atoms with Crippen molar-refractivity contribution in [2.24, 2.45) is 28.9 Å². The lowest BCUT2D eigenvalue weighted by Crippen LogP contribution is -2.66. The van der Waals surface area contributed by atoms with Crippen LogP contribution >= 0.6 is 0 Å². The van der Waals surface area contributed by atoms with Gasteiger partial charge in [0, 0.05) is 6.04 Å². The highest BCUT2D eigenvalue weighted by Crippen LogP contribution is 2.64. The van der Waals surface area contributed by atoms with E-state index in [1.54, 1.807) is 4.90 Å². The smallest absolute Gasteiger partial charge is 0.291 e. The third-order valence-electron chi connectivity index (χ3n) is 7.91. The van der Waals surface area contributed by atoms with Crippen molar-refractivity contribution in [3.63, 3.8) is 0 Å². The molecule has 1 saturated heterocycles. The number of carbonyl (C=O) groups excluding carboxylic acids is 3. The van der Waals surface area contributed by atoms with E-state index in [1.165, 1.54) is 7.41 Å². The molecule has 145 valence electrons. The van der Waals surface area contributed by atoms with E-state index < -0.39 is 29.1 Å². The van der Waals surface area contributed by atoms with Crippen LogP contribution in [0.4, 0.5) is 4.39 Å². The Labute approximate surface area is 159 Å². The van der Waals surface area contributed by atoms with Crippen molar-refractivity contribution in [2.75, 3.05) is 0 Å². The Bertz CT molecular complexity index is 690. The second-order valence-corrected chi connectivity index (χ2v) is 9.84. The van der Waals surface area contributed by atoms with Gasteiger partial charge in [0.15, 0.2) is 0 Å². The number of hydrogen-bond acceptors (Lipinski definition) is 4. The van der Waals surface area contributed by atoms with Gasteiger partial charge >= 0.3 is 0 Å². The quantitative estimate of drug-likeness (QED) is 0.524. The van der Waals surface area contributed by atoms with Crippen molar-refractivity contribution in [3.8, 4) is 0 Å². The molecule has 1 heterocycles. The fraction of sp³-hybridized carbons (Fsp3) is 0.842. The van der Waals surface area contributed by atoms with E-state index >= 15 is 4.39 Å². The molecular formula is C19H26BFN3O3. The van der Waals surface area contributed by atoms with E-state index in [-0.39, 0.29) is 11.9 Å². The maximum Gasteiger partial charge on any atom is 0.291 e. The number of amides is 2. The van der Waals surface area contributed by atoms with Gasteiger partial charge in [0.25, 0.3) is 7.41 Å². The van der Waals surface area contributed by atoms with Crippen molar-refractivity contribution in [2.45, 2.75) is 75.2 Å². The Morgan fingerprint density at radius 3 is 2.48 bits per heavy atom. The van der Waals surface area contributed by atoms with Crippen LogP contribution < -0.4 is 11.0 Å². The van der Waals surface area contributed by atoms with E-state index in [0.29, 0.717) is 49.6 Å². The monoisotopic (exact) mass is 374 g/mol. The average molecular weight is 374 g/mol. The molecule has 6 fully saturated rings. The Hall–Kier alpha value is -1.44. The molecule has 1 radical (unpaired) electrons. The first kappa shape index (κ1) is 17.6. The molecule has 6 aliphatic rings. The highest BCUT2D eigenvalue weighted by molar-refractivity contribution is 6.64. The highest BCUT2D eigenvalue weighted by Gasteiger charge is 2.64. The summed E-state index contributed by atoms with van der Waals surface area (Å²) < 4.78 is 15.4. The molecule has 5 saturated carbocycles. The molecule has 1 aliphatic heterocycles. The molecule has 8 heteroatoms. The molecule has 4 bridgehead atoms. The van der Waals surface area contributed by atoms with Gasteiger partial charge in [-0.2, -0.15) is 0 Å². The summed E-state index contributed by atoms with van der Waals surface area (Å²) in [5, 5.41) is 3.02. The number of carbonyl (C=O) groups is 3. The predicted octanol–water partition coefficient (Wildman–Crippen LogP) is 0.537. The third kappa shape index (κ3) is 2.66. The van der Waals surface area contributed by atoms with E-state index in [2.05, 4.69) is 5.23 Å². The maximum atomic E-state index is 15.4. The maximum absolute atomic E-state index is 15.4. The third-order valence-corrected chi connectivity index (χ3v) is 7.91. The van der Waals surface area contributed by atoms with E-state index in [1.807, 2.05) is 0 Å². The lowest BCUT2D eigenvalue weighted by atomic mass is 9.46. The SMILES string of the molecule is NC(=O)[C@@H]1C[C@@H]2CC2N1C(=O)[C@@H](N[B]C=O)C12CC3CC(CC(F)(C3)C1)C2. The lowest BCUT2D eigenvalue weighted by Gasteiger charge is -2.61. The number of nitrogens with one attached hydrogen (secondary N) is 1. The molecule has 3 N–H and O–H groups in total. The Balaban J connectivity index is 1.47. The van der Waals surface area contributed by atoms with Crippen molar-refractivity contribution >= 4 is 25.4 Å². The first-order valence-corrected chi connectivity index (χ1v) is 10.2. The van der Waals surface area contributed by atoms with Crippen LogP contribution in [0.15, 0.2) is 0 Å². The zero-order valence-electron chi connectivity index (χ0n) is 15.4. The van der Waals surface area contributed by atoms with E-state index in [4.69, 9.17) is 5.73 Å². The number of piperidine rings is 1. The summed E-state index contributed by atoms with van der Waals surface area (Å²) in [7, 11) is 1.26. The molecule has 2 amide bonds. The molecule has 6 rings (SSSR count). The number of rotatable bonds is 6. The summed E-state index contributed by atoms with van der Waals surface area (Å²) in [6.45, 7) is 0. The molecular weight excluding hydrogens is 348 g/mol. The van der Waals surface area contributed by atoms with Crippen molar-refractivity contribution in [1.82, 2.24) is 10.1 Å². The summed E-state index contributed by atoms with van der Waals surface area (Å²) in [5.74, 6) is 0.326.